The van der Waals surface area contributed by atoms with Crippen molar-refractivity contribution < 1.29 is 17.9 Å². The van der Waals surface area contributed by atoms with Gasteiger partial charge in [-0.15, -0.1) is 0 Å². The fourth-order valence-corrected chi connectivity index (χ4v) is 8.66. The van der Waals surface area contributed by atoms with Gasteiger partial charge >= 0.3 is 0 Å². The number of hydrogen-bond donors (Lipinski definition) is 0. The largest absolute Gasteiger partial charge is 0.495 e. The van der Waals surface area contributed by atoms with Crippen LogP contribution < -0.4 is 18.7 Å². The summed E-state index contributed by atoms with van der Waals surface area (Å²) in [4.78, 5) is 17.8. The number of likely N-dealkylation sites (tertiary alicyclic amines) is 1. The molecule has 230 valence electrons. The Balaban J connectivity index is 1.42. The van der Waals surface area contributed by atoms with Crippen LogP contribution in [0.2, 0.25) is 5.15 Å². The zero-order valence-electron chi connectivity index (χ0n) is 24.7. The quantitative estimate of drug-likeness (QED) is 0.258. The van der Waals surface area contributed by atoms with E-state index < -0.39 is 15.6 Å². The molecule has 0 saturated carbocycles. The Bertz CT molecular complexity index is 1910. The Morgan fingerprint density at radius 2 is 1.89 bits per heavy atom. The molecule has 0 amide bonds. The average molecular weight is 644 g/mol. The van der Waals surface area contributed by atoms with Crippen LogP contribution in [0.1, 0.15) is 30.0 Å². The van der Waals surface area contributed by atoms with Crippen LogP contribution in [0.3, 0.4) is 0 Å². The average Bonchev–Trinajstić information content (AvgIpc) is 3.78. The van der Waals surface area contributed by atoms with E-state index in [9.17, 15) is 13.7 Å². The molecule has 11 nitrogen and oxygen atoms in total. The highest BCUT2D eigenvalue weighted by atomic mass is 35.5. The maximum absolute atomic E-state index is 14.4. The van der Waals surface area contributed by atoms with E-state index in [2.05, 4.69) is 30.8 Å². The first-order chi connectivity index (χ1) is 21.8. The van der Waals surface area contributed by atoms with Crippen molar-refractivity contribution in [2.24, 2.45) is 0 Å². The molecule has 7 rings (SSSR count). The third-order valence-electron chi connectivity index (χ3n) is 8.99. The second kappa shape index (κ2) is 11.2. The van der Waals surface area contributed by atoms with Gasteiger partial charge in [-0.2, -0.15) is 13.7 Å². The van der Waals surface area contributed by atoms with Gasteiger partial charge < -0.3 is 14.4 Å². The molecule has 0 N–H and O–H groups in total. The highest BCUT2D eigenvalue weighted by Crippen LogP contribution is 2.55. The van der Waals surface area contributed by atoms with Crippen LogP contribution in [0.15, 0.2) is 78.2 Å². The van der Waals surface area contributed by atoms with Gasteiger partial charge in [-0.25, -0.2) is 9.97 Å². The topological polar surface area (TPSA) is 125 Å². The Kier molecular flexibility index (Phi) is 7.27. The predicted molar refractivity (Wildman–Crippen MR) is 168 cm³/mol. The number of pyridine rings is 3. The highest BCUT2D eigenvalue weighted by Gasteiger charge is 2.59. The summed E-state index contributed by atoms with van der Waals surface area (Å²) in [5, 5.41) is 10.1. The molecule has 45 heavy (non-hydrogen) atoms. The number of nitrogens with zero attached hydrogens (tertiary/aromatic N) is 7. The van der Waals surface area contributed by atoms with Crippen LogP contribution in [0.4, 0.5) is 11.4 Å². The molecular weight excluding hydrogens is 614 g/mol. The van der Waals surface area contributed by atoms with Crippen LogP contribution in [-0.4, -0.2) is 73.7 Å². The van der Waals surface area contributed by atoms with Crippen molar-refractivity contribution >= 4 is 33.0 Å². The van der Waals surface area contributed by atoms with E-state index in [4.69, 9.17) is 21.1 Å². The molecule has 6 heterocycles. The first-order valence-corrected chi connectivity index (χ1v) is 16.4. The van der Waals surface area contributed by atoms with Gasteiger partial charge in [0.25, 0.3) is 10.0 Å². The molecule has 0 aliphatic carbocycles. The van der Waals surface area contributed by atoms with E-state index >= 15 is 0 Å². The lowest BCUT2D eigenvalue weighted by Gasteiger charge is -2.47. The number of rotatable bonds is 8. The number of piperazine rings is 1. The zero-order valence-corrected chi connectivity index (χ0v) is 26.2. The highest BCUT2D eigenvalue weighted by molar-refractivity contribution is 7.92. The number of ether oxygens (including phenoxy) is 2. The summed E-state index contributed by atoms with van der Waals surface area (Å²) in [5.41, 5.74) is 2.32. The minimum absolute atomic E-state index is 0.0229. The number of methoxy groups -OCH3 is 1. The van der Waals surface area contributed by atoms with Crippen molar-refractivity contribution in [1.82, 2.24) is 19.9 Å². The van der Waals surface area contributed by atoms with Crippen molar-refractivity contribution in [3.8, 4) is 17.7 Å². The molecular formula is C32H30ClN7O4S. The molecule has 3 atom stereocenters. The van der Waals surface area contributed by atoms with Gasteiger partial charge in [0.2, 0.25) is 5.88 Å². The SMILES string of the molecule is CCOc1nc(Cl)ccc1C1(N2C[C@@H]3C[C@H]2CN3c2ccncc2)CN(S(=O)(=O)c2ccc(OC)cn2)c2ccc(C#N)cc21. The van der Waals surface area contributed by atoms with Crippen LogP contribution in [0, 0.1) is 11.3 Å². The van der Waals surface area contributed by atoms with Crippen LogP contribution in [-0.2, 0) is 15.6 Å². The first kappa shape index (κ1) is 29.3. The number of sulfonamides is 1. The minimum Gasteiger partial charge on any atom is -0.495 e. The number of halogens is 1. The molecule has 3 aliphatic rings. The lowest BCUT2D eigenvalue weighted by molar-refractivity contribution is 0.108. The second-order valence-corrected chi connectivity index (χ2v) is 13.4. The van der Waals surface area contributed by atoms with Gasteiger partial charge in [0.15, 0.2) is 5.03 Å². The number of aromatic nitrogens is 3. The summed E-state index contributed by atoms with van der Waals surface area (Å²) in [6.07, 6.45) is 5.86. The van der Waals surface area contributed by atoms with Crippen molar-refractivity contribution in [3.05, 3.63) is 95.0 Å². The van der Waals surface area contributed by atoms with Crippen LogP contribution in [0.5, 0.6) is 11.6 Å². The lowest BCUT2D eigenvalue weighted by atomic mass is 9.81. The van der Waals surface area contributed by atoms with Gasteiger partial charge in [0, 0.05) is 54.4 Å². The van der Waals surface area contributed by atoms with E-state index in [1.807, 2.05) is 25.1 Å². The van der Waals surface area contributed by atoms with Crippen LogP contribution in [0.25, 0.3) is 0 Å². The third kappa shape index (κ3) is 4.65. The molecule has 0 radical (unpaired) electrons. The first-order valence-electron chi connectivity index (χ1n) is 14.6. The molecule has 1 aromatic carbocycles. The fraction of sp³-hybridized carbons (Fsp3) is 0.312. The van der Waals surface area contributed by atoms with Crippen LogP contribution >= 0.6 is 11.6 Å². The van der Waals surface area contributed by atoms with Gasteiger partial charge in [0.05, 0.1) is 49.3 Å². The summed E-state index contributed by atoms with van der Waals surface area (Å²) in [5.74, 6) is 0.776. The summed E-state index contributed by atoms with van der Waals surface area (Å²) >= 11 is 6.38. The smallest absolute Gasteiger partial charge is 0.281 e. The summed E-state index contributed by atoms with van der Waals surface area (Å²) < 4.78 is 41.5. The van der Waals surface area contributed by atoms with Gasteiger partial charge in [-0.1, -0.05) is 11.6 Å². The summed E-state index contributed by atoms with van der Waals surface area (Å²) in [6.45, 7) is 3.61. The Morgan fingerprint density at radius 1 is 1.07 bits per heavy atom. The van der Waals surface area contributed by atoms with Crippen molar-refractivity contribution in [1.29, 1.82) is 5.26 Å². The lowest BCUT2D eigenvalue weighted by Crippen LogP contribution is -2.58. The van der Waals surface area contributed by atoms with Gasteiger partial charge in [-0.05, 0) is 67.9 Å². The molecule has 2 fully saturated rings. The maximum atomic E-state index is 14.4. The molecule has 4 aromatic rings. The molecule has 1 unspecified atom stereocenters. The normalized spacial score (nSPS) is 22.4. The monoisotopic (exact) mass is 643 g/mol. The molecule has 0 spiro atoms. The standard InChI is InChI=1S/C32H30ClN7O4S/c1-3-44-31-26(6-8-29(33)37-31)32(39-19-23-15-24(39)18-38(23)22-10-12-35-13-11-22)20-40(28-7-4-21(16-34)14-27(28)32)45(41,42)30-9-5-25(43-2)17-36-30/h4-14,17,23-24H,3,15,18-20H2,1-2H3/t23-,24-,32?/m0/s1. The van der Waals surface area contributed by atoms with Crippen molar-refractivity contribution in [2.75, 3.05) is 42.6 Å². The zero-order chi connectivity index (χ0) is 31.3. The van der Waals surface area contributed by atoms with E-state index in [1.54, 1.807) is 42.7 Å². The van der Waals surface area contributed by atoms with E-state index in [0.29, 0.717) is 47.2 Å². The number of benzene rings is 1. The van der Waals surface area contributed by atoms with E-state index in [-0.39, 0.29) is 28.8 Å². The second-order valence-electron chi connectivity index (χ2n) is 11.2. The summed E-state index contributed by atoms with van der Waals surface area (Å²) in [7, 11) is -2.65. The molecule has 3 aliphatic heterocycles. The van der Waals surface area contributed by atoms with E-state index in [0.717, 1.165) is 18.7 Å². The molecule has 13 heteroatoms. The number of fused-ring (bicyclic) bond motifs is 3. The molecule has 2 bridgehead atoms. The number of hydrogen-bond acceptors (Lipinski definition) is 10. The Labute approximate surface area is 266 Å². The maximum Gasteiger partial charge on any atom is 0.281 e. The van der Waals surface area contributed by atoms with Gasteiger partial charge in [-0.3, -0.25) is 14.2 Å². The number of anilines is 2. The number of nitriles is 1. The van der Waals surface area contributed by atoms with Crippen molar-refractivity contribution in [3.63, 3.8) is 0 Å². The Hall–Kier alpha value is -4.44. The fourth-order valence-electron chi connectivity index (χ4n) is 7.10. The molecule has 2 saturated heterocycles. The Morgan fingerprint density at radius 3 is 2.56 bits per heavy atom. The minimum atomic E-state index is -4.15. The molecule has 3 aromatic heterocycles. The third-order valence-corrected chi connectivity index (χ3v) is 10.9. The van der Waals surface area contributed by atoms with Gasteiger partial charge in [0.1, 0.15) is 10.9 Å². The van der Waals surface area contributed by atoms with Crippen molar-refractivity contribution in [2.45, 2.75) is 36.0 Å². The summed E-state index contributed by atoms with van der Waals surface area (Å²) in [6, 6.07) is 18.3. The predicted octanol–water partition coefficient (Wildman–Crippen LogP) is 4.22. The van der Waals surface area contributed by atoms with E-state index in [1.165, 1.54) is 23.7 Å².